The lowest BCUT2D eigenvalue weighted by molar-refractivity contribution is 0.0495. The predicted octanol–water partition coefficient (Wildman–Crippen LogP) is 3.66. The van der Waals surface area contributed by atoms with Gasteiger partial charge in [-0.1, -0.05) is 30.3 Å². The summed E-state index contributed by atoms with van der Waals surface area (Å²) >= 11 is 0. The van der Waals surface area contributed by atoms with E-state index in [4.69, 9.17) is 4.74 Å². The Morgan fingerprint density at radius 2 is 1.95 bits per heavy atom. The average Bonchev–Trinajstić information content (AvgIpc) is 2.53. The molecule has 0 aliphatic rings. The molecule has 0 heterocycles. The monoisotopic (exact) mass is 287 g/mol. The summed E-state index contributed by atoms with van der Waals surface area (Å²) in [5.74, 6) is -1.19. The van der Waals surface area contributed by atoms with E-state index in [1.54, 1.807) is 13.1 Å². The van der Waals surface area contributed by atoms with Crippen molar-refractivity contribution in [3.05, 3.63) is 65.5 Å². The molecule has 2 rings (SSSR count). The Balaban J connectivity index is 1.84. The Kier molecular flexibility index (Phi) is 5.32. The smallest absolute Gasteiger partial charge is 0.341 e. The van der Waals surface area contributed by atoms with Crippen LogP contribution in [0.1, 0.15) is 22.3 Å². The Morgan fingerprint density at radius 1 is 1.19 bits per heavy atom. The van der Waals surface area contributed by atoms with Crippen LogP contribution in [0.4, 0.5) is 10.1 Å². The van der Waals surface area contributed by atoms with Crippen LogP contribution in [0.25, 0.3) is 0 Å². The van der Waals surface area contributed by atoms with Crippen LogP contribution in [-0.2, 0) is 11.2 Å². The van der Waals surface area contributed by atoms with Gasteiger partial charge in [0.1, 0.15) is 5.82 Å². The van der Waals surface area contributed by atoms with Crippen molar-refractivity contribution < 1.29 is 13.9 Å². The second-order valence-electron chi connectivity index (χ2n) is 4.67. The molecule has 0 atom stereocenters. The van der Waals surface area contributed by atoms with Gasteiger partial charge in [-0.3, -0.25) is 0 Å². The number of aryl methyl sites for hydroxylation is 1. The maximum absolute atomic E-state index is 13.6. The van der Waals surface area contributed by atoms with E-state index in [2.05, 4.69) is 5.32 Å². The van der Waals surface area contributed by atoms with Crippen molar-refractivity contribution in [1.29, 1.82) is 0 Å². The molecule has 0 spiro atoms. The number of halogens is 1. The molecular weight excluding hydrogens is 269 g/mol. The van der Waals surface area contributed by atoms with Gasteiger partial charge in [0.25, 0.3) is 0 Å². The number of hydrogen-bond acceptors (Lipinski definition) is 3. The van der Waals surface area contributed by atoms with Gasteiger partial charge >= 0.3 is 5.97 Å². The maximum atomic E-state index is 13.6. The largest absolute Gasteiger partial charge is 0.462 e. The Hall–Kier alpha value is -2.36. The van der Waals surface area contributed by atoms with E-state index in [9.17, 15) is 9.18 Å². The zero-order chi connectivity index (χ0) is 15.1. The maximum Gasteiger partial charge on any atom is 0.341 e. The molecular formula is C17H18FNO2. The Morgan fingerprint density at radius 3 is 2.67 bits per heavy atom. The van der Waals surface area contributed by atoms with E-state index in [1.165, 1.54) is 17.7 Å². The molecule has 0 saturated carbocycles. The van der Waals surface area contributed by atoms with Crippen molar-refractivity contribution in [3.8, 4) is 0 Å². The number of rotatable bonds is 6. The second kappa shape index (κ2) is 7.43. The Labute approximate surface area is 123 Å². The van der Waals surface area contributed by atoms with Gasteiger partial charge in [0.05, 0.1) is 12.2 Å². The van der Waals surface area contributed by atoms with Gasteiger partial charge in [-0.15, -0.1) is 0 Å². The molecule has 0 bridgehead atoms. The molecule has 0 unspecified atom stereocenters. The van der Waals surface area contributed by atoms with Crippen LogP contribution >= 0.6 is 0 Å². The molecule has 0 aromatic heterocycles. The molecule has 0 aliphatic heterocycles. The summed E-state index contributed by atoms with van der Waals surface area (Å²) < 4.78 is 18.7. The van der Waals surface area contributed by atoms with E-state index in [0.717, 1.165) is 6.42 Å². The minimum absolute atomic E-state index is 0.0402. The second-order valence-corrected chi connectivity index (χ2v) is 4.67. The highest BCUT2D eigenvalue weighted by atomic mass is 19.1. The van der Waals surface area contributed by atoms with Crippen LogP contribution in [0.15, 0.2) is 48.5 Å². The first kappa shape index (κ1) is 15.0. The third kappa shape index (κ3) is 4.31. The van der Waals surface area contributed by atoms with Crippen molar-refractivity contribution in [2.45, 2.75) is 12.8 Å². The van der Waals surface area contributed by atoms with Crippen molar-refractivity contribution >= 4 is 11.7 Å². The third-order valence-corrected chi connectivity index (χ3v) is 3.16. The van der Waals surface area contributed by atoms with Crippen molar-refractivity contribution in [3.63, 3.8) is 0 Å². The first-order valence-corrected chi connectivity index (χ1v) is 6.89. The highest BCUT2D eigenvalue weighted by molar-refractivity contribution is 5.90. The lowest BCUT2D eigenvalue weighted by atomic mass is 10.1. The van der Waals surface area contributed by atoms with Gasteiger partial charge in [0.2, 0.25) is 0 Å². The molecule has 0 saturated heterocycles. The topological polar surface area (TPSA) is 38.3 Å². The molecule has 0 amide bonds. The molecule has 2 aromatic carbocycles. The Bertz CT molecular complexity index is 599. The number of esters is 1. The summed E-state index contributed by atoms with van der Waals surface area (Å²) in [6, 6.07) is 14.2. The summed E-state index contributed by atoms with van der Waals surface area (Å²) in [5, 5.41) is 2.86. The summed E-state index contributed by atoms with van der Waals surface area (Å²) in [4.78, 5) is 11.9. The van der Waals surface area contributed by atoms with E-state index in [0.29, 0.717) is 12.1 Å². The van der Waals surface area contributed by atoms with Gasteiger partial charge in [0.15, 0.2) is 0 Å². The molecule has 4 heteroatoms. The minimum Gasteiger partial charge on any atom is -0.462 e. The van der Waals surface area contributed by atoms with Crippen LogP contribution in [0.3, 0.4) is 0 Å². The van der Waals surface area contributed by atoms with E-state index in [1.807, 2.05) is 30.3 Å². The van der Waals surface area contributed by atoms with E-state index < -0.39 is 11.8 Å². The summed E-state index contributed by atoms with van der Waals surface area (Å²) in [7, 11) is 1.71. The molecule has 0 radical (unpaired) electrons. The minimum atomic E-state index is -0.627. The zero-order valence-electron chi connectivity index (χ0n) is 11.9. The first-order valence-electron chi connectivity index (χ1n) is 6.89. The van der Waals surface area contributed by atoms with Gasteiger partial charge in [0, 0.05) is 12.7 Å². The predicted molar refractivity (Wildman–Crippen MR) is 81.0 cm³/mol. The van der Waals surface area contributed by atoms with Gasteiger partial charge in [-0.25, -0.2) is 9.18 Å². The summed E-state index contributed by atoms with van der Waals surface area (Å²) in [6.07, 6.45) is 1.54. The number of nitrogens with one attached hydrogen (secondary N) is 1. The van der Waals surface area contributed by atoms with Crippen molar-refractivity contribution in [1.82, 2.24) is 0 Å². The first-order chi connectivity index (χ1) is 10.2. The van der Waals surface area contributed by atoms with Gasteiger partial charge in [-0.05, 0) is 36.6 Å². The van der Waals surface area contributed by atoms with Crippen LogP contribution in [-0.4, -0.2) is 19.6 Å². The summed E-state index contributed by atoms with van der Waals surface area (Å²) in [5.41, 5.74) is 1.83. The number of benzene rings is 2. The van der Waals surface area contributed by atoms with Crippen LogP contribution in [0.5, 0.6) is 0 Å². The van der Waals surface area contributed by atoms with Gasteiger partial charge in [-0.2, -0.15) is 0 Å². The molecule has 110 valence electrons. The number of anilines is 1. The number of carbonyl (C=O) groups is 1. The van der Waals surface area contributed by atoms with Crippen molar-refractivity contribution in [2.24, 2.45) is 0 Å². The number of ether oxygens (including phenoxy) is 1. The fourth-order valence-electron chi connectivity index (χ4n) is 2.00. The highest BCUT2D eigenvalue weighted by Gasteiger charge is 2.13. The SMILES string of the molecule is CNc1ccc(F)c(C(=O)OCCCc2ccccc2)c1. The summed E-state index contributed by atoms with van der Waals surface area (Å²) in [6.45, 7) is 0.275. The molecule has 2 aromatic rings. The van der Waals surface area contributed by atoms with Gasteiger partial charge < -0.3 is 10.1 Å². The number of hydrogen-bond donors (Lipinski definition) is 1. The van der Waals surface area contributed by atoms with Crippen molar-refractivity contribution in [2.75, 3.05) is 19.0 Å². The van der Waals surface area contributed by atoms with Crippen LogP contribution in [0.2, 0.25) is 0 Å². The quantitative estimate of drug-likeness (QED) is 0.651. The average molecular weight is 287 g/mol. The highest BCUT2D eigenvalue weighted by Crippen LogP contribution is 2.15. The van der Waals surface area contributed by atoms with Crippen LogP contribution in [0, 0.1) is 5.82 Å². The lowest BCUT2D eigenvalue weighted by Crippen LogP contribution is -2.09. The standard InChI is InChI=1S/C17H18FNO2/c1-19-14-9-10-16(18)15(12-14)17(20)21-11-5-8-13-6-3-2-4-7-13/h2-4,6-7,9-10,12,19H,5,8,11H2,1H3. The number of carbonyl (C=O) groups excluding carboxylic acids is 1. The molecule has 0 aliphatic carbocycles. The third-order valence-electron chi connectivity index (χ3n) is 3.16. The van der Waals surface area contributed by atoms with E-state index >= 15 is 0 Å². The zero-order valence-corrected chi connectivity index (χ0v) is 11.9. The van der Waals surface area contributed by atoms with Crippen LogP contribution < -0.4 is 5.32 Å². The van der Waals surface area contributed by atoms with E-state index in [-0.39, 0.29) is 12.2 Å². The fraction of sp³-hybridized carbons (Fsp3) is 0.235. The normalized spacial score (nSPS) is 10.2. The molecule has 21 heavy (non-hydrogen) atoms. The lowest BCUT2D eigenvalue weighted by Gasteiger charge is -2.07. The molecule has 3 nitrogen and oxygen atoms in total. The molecule has 1 N–H and O–H groups in total. The molecule has 0 fully saturated rings. The fourth-order valence-corrected chi connectivity index (χ4v) is 2.00.